The maximum atomic E-state index is 12.9. The first-order chi connectivity index (χ1) is 38.2. The van der Waals surface area contributed by atoms with E-state index in [1.165, 1.54) is 64.2 Å². The lowest BCUT2D eigenvalue weighted by Crippen LogP contribution is -2.30. The molecule has 446 valence electrons. The summed E-state index contributed by atoms with van der Waals surface area (Å²) in [6.07, 6.45) is 71.9. The van der Waals surface area contributed by atoms with E-state index in [1.54, 1.807) is 0 Å². The van der Waals surface area contributed by atoms with Crippen molar-refractivity contribution in [3.63, 3.8) is 0 Å². The molecule has 0 aliphatic heterocycles. The second-order valence-corrected chi connectivity index (χ2v) is 21.6. The molecule has 0 radical (unpaired) electrons. The van der Waals surface area contributed by atoms with Gasteiger partial charge >= 0.3 is 25.7 Å². The number of ether oxygens (including phenoxy) is 3. The molecule has 0 aromatic heterocycles. The lowest BCUT2D eigenvalue weighted by molar-refractivity contribution is -0.161. The summed E-state index contributed by atoms with van der Waals surface area (Å²) < 4.78 is 39.5. The van der Waals surface area contributed by atoms with E-state index >= 15 is 0 Å². The summed E-state index contributed by atoms with van der Waals surface area (Å²) in [7, 11) is -4.78. The van der Waals surface area contributed by atoms with Gasteiger partial charge in [0.1, 0.15) is 12.7 Å². The Kier molecular flexibility index (Phi) is 56.3. The van der Waals surface area contributed by atoms with Crippen molar-refractivity contribution in [2.24, 2.45) is 0 Å². The number of aliphatic hydroxyl groups is 1. The van der Waals surface area contributed by atoms with Crippen molar-refractivity contribution in [3.8, 4) is 0 Å². The smallest absolute Gasteiger partial charge is 0.462 e. The van der Waals surface area contributed by atoms with Crippen LogP contribution in [0.1, 0.15) is 252 Å². The van der Waals surface area contributed by atoms with Crippen LogP contribution in [0.15, 0.2) is 109 Å². The molecule has 3 unspecified atom stereocenters. The normalized spacial score (nSPS) is 14.1. The first kappa shape index (κ1) is 74.1. The number of phosphoric ester groups is 1. The zero-order valence-electron chi connectivity index (χ0n) is 49.3. The van der Waals surface area contributed by atoms with Gasteiger partial charge in [0.05, 0.1) is 19.8 Å². The van der Waals surface area contributed by atoms with Crippen LogP contribution in [-0.4, -0.2) is 66.5 Å². The maximum absolute atomic E-state index is 12.9. The number of carbonyl (C=O) groups is 3. The fourth-order valence-corrected chi connectivity index (χ4v) is 8.77. The van der Waals surface area contributed by atoms with Gasteiger partial charge in [-0.3, -0.25) is 23.4 Å². The highest BCUT2D eigenvalue weighted by Gasteiger charge is 2.28. The number of allylic oxidation sites excluding steroid dienone is 18. The van der Waals surface area contributed by atoms with Crippen LogP contribution in [0.4, 0.5) is 0 Å². The SMILES string of the molecule is CC/C=C\C/C=C\C/C=C\C/C=C\C/C=C\CCCC(=O)OC(COC(=O)CCCCCCCC/C=C\C/C=C\C/C=C\CCCCC)COP(=O)(O)OCC(CO)OC(=O)CCCCCCC/C=C\CCCCCCCC. The number of aliphatic hydroxyl groups excluding tert-OH is 1. The van der Waals surface area contributed by atoms with E-state index in [-0.39, 0.29) is 25.9 Å². The Morgan fingerprint density at radius 2 is 0.679 bits per heavy atom. The third kappa shape index (κ3) is 56.8. The molecule has 0 aliphatic carbocycles. The van der Waals surface area contributed by atoms with E-state index in [1.807, 2.05) is 12.2 Å². The molecule has 0 rings (SSSR count). The Bertz CT molecular complexity index is 1720. The summed E-state index contributed by atoms with van der Waals surface area (Å²) in [6, 6.07) is 0. The van der Waals surface area contributed by atoms with Crippen LogP contribution in [0.25, 0.3) is 0 Å². The molecular weight excluding hydrogens is 1000 g/mol. The molecule has 0 saturated heterocycles. The zero-order chi connectivity index (χ0) is 56.9. The number of hydrogen-bond donors (Lipinski definition) is 2. The molecule has 0 fully saturated rings. The standard InChI is InChI=1S/C66H111O11P/c1-4-7-10-13-16-19-22-25-28-30-31-33-35-37-40-43-46-49-52-55-64(68)73-59-63(77-66(70)57-54-51-48-45-42-39-36-32-29-26-23-20-17-14-11-8-5-2)61-75-78(71,72)74-60-62(58-67)76-65(69)56-53-50-47-44-41-38-34-27-24-21-18-15-12-9-6-3/h8,11,16-17,19-20,25-29,31,33-34,36,39,45,48,62-63,67H,4-7,9-10,12-15,18,21-24,30,32,35,37-38,40-44,46-47,49-61H2,1-3H3,(H,71,72)/b11-8-,19-16-,20-17-,28-25-,29-26-,33-31-,34-27-,39-36-,48-45-. The molecule has 0 aromatic carbocycles. The Labute approximate surface area is 475 Å². The van der Waals surface area contributed by atoms with Gasteiger partial charge < -0.3 is 24.2 Å². The Morgan fingerprint density at radius 3 is 1.12 bits per heavy atom. The van der Waals surface area contributed by atoms with Gasteiger partial charge in [0.25, 0.3) is 0 Å². The van der Waals surface area contributed by atoms with Crippen molar-refractivity contribution in [3.05, 3.63) is 109 Å². The van der Waals surface area contributed by atoms with Crippen molar-refractivity contribution < 1.29 is 52.2 Å². The van der Waals surface area contributed by atoms with E-state index in [2.05, 4.69) is 118 Å². The molecule has 0 bridgehead atoms. The summed E-state index contributed by atoms with van der Waals surface area (Å²) in [5, 5.41) is 9.83. The van der Waals surface area contributed by atoms with Crippen molar-refractivity contribution >= 4 is 25.7 Å². The molecule has 0 amide bonds. The summed E-state index contributed by atoms with van der Waals surface area (Å²) >= 11 is 0. The van der Waals surface area contributed by atoms with Crippen LogP contribution >= 0.6 is 7.82 Å². The monoisotopic (exact) mass is 1110 g/mol. The van der Waals surface area contributed by atoms with Crippen LogP contribution in [0.2, 0.25) is 0 Å². The predicted octanol–water partition coefficient (Wildman–Crippen LogP) is 18.6. The van der Waals surface area contributed by atoms with Gasteiger partial charge in [0.2, 0.25) is 0 Å². The van der Waals surface area contributed by atoms with E-state index in [4.69, 9.17) is 23.3 Å². The fraction of sp³-hybridized carbons (Fsp3) is 0.682. The molecular formula is C66H111O11P. The van der Waals surface area contributed by atoms with Gasteiger partial charge in [-0.1, -0.05) is 220 Å². The molecule has 78 heavy (non-hydrogen) atoms. The van der Waals surface area contributed by atoms with Gasteiger partial charge in [-0.25, -0.2) is 4.57 Å². The Morgan fingerprint density at radius 1 is 0.372 bits per heavy atom. The van der Waals surface area contributed by atoms with Crippen LogP contribution in [-0.2, 0) is 42.2 Å². The highest BCUT2D eigenvalue weighted by Crippen LogP contribution is 2.43. The molecule has 0 aliphatic rings. The van der Waals surface area contributed by atoms with E-state index in [0.717, 1.165) is 122 Å². The summed E-state index contributed by atoms with van der Waals surface area (Å²) in [6.45, 7) is 4.42. The Hall–Kier alpha value is -3.86. The minimum Gasteiger partial charge on any atom is -0.462 e. The van der Waals surface area contributed by atoms with E-state index in [0.29, 0.717) is 25.7 Å². The molecule has 12 heteroatoms. The molecule has 0 heterocycles. The van der Waals surface area contributed by atoms with Crippen molar-refractivity contribution in [1.29, 1.82) is 0 Å². The van der Waals surface area contributed by atoms with Gasteiger partial charge in [-0.15, -0.1) is 0 Å². The van der Waals surface area contributed by atoms with Crippen LogP contribution in [0.3, 0.4) is 0 Å². The predicted molar refractivity (Wildman–Crippen MR) is 325 cm³/mol. The number of esters is 3. The molecule has 0 saturated carbocycles. The molecule has 0 aromatic rings. The lowest BCUT2D eigenvalue weighted by atomic mass is 10.1. The van der Waals surface area contributed by atoms with Gasteiger partial charge in [-0.2, -0.15) is 0 Å². The van der Waals surface area contributed by atoms with E-state index in [9.17, 15) is 28.9 Å². The van der Waals surface area contributed by atoms with Gasteiger partial charge in [0.15, 0.2) is 6.10 Å². The summed E-state index contributed by atoms with van der Waals surface area (Å²) in [4.78, 5) is 48.6. The number of carbonyl (C=O) groups excluding carboxylic acids is 3. The topological polar surface area (TPSA) is 155 Å². The highest BCUT2D eigenvalue weighted by atomic mass is 31.2. The molecule has 3 atom stereocenters. The average Bonchev–Trinajstić information content (AvgIpc) is 3.43. The lowest BCUT2D eigenvalue weighted by Gasteiger charge is -2.21. The van der Waals surface area contributed by atoms with Crippen LogP contribution < -0.4 is 0 Å². The van der Waals surface area contributed by atoms with Crippen LogP contribution in [0, 0.1) is 0 Å². The summed E-state index contributed by atoms with van der Waals surface area (Å²) in [5.74, 6) is -1.56. The van der Waals surface area contributed by atoms with Gasteiger partial charge in [0, 0.05) is 19.3 Å². The number of phosphoric acid groups is 1. The average molecular weight is 1110 g/mol. The summed E-state index contributed by atoms with van der Waals surface area (Å²) in [5.41, 5.74) is 0. The van der Waals surface area contributed by atoms with Crippen molar-refractivity contribution in [2.75, 3.05) is 26.4 Å². The minimum absolute atomic E-state index is 0.0809. The molecule has 0 spiro atoms. The fourth-order valence-electron chi connectivity index (χ4n) is 7.98. The quantitative estimate of drug-likeness (QED) is 0.0197. The first-order valence-electron chi connectivity index (χ1n) is 30.8. The molecule has 11 nitrogen and oxygen atoms in total. The highest BCUT2D eigenvalue weighted by molar-refractivity contribution is 7.47. The second-order valence-electron chi connectivity index (χ2n) is 20.1. The minimum atomic E-state index is -4.78. The van der Waals surface area contributed by atoms with Crippen LogP contribution in [0.5, 0.6) is 0 Å². The number of unbranched alkanes of at least 4 members (excludes halogenated alkanes) is 21. The van der Waals surface area contributed by atoms with Crippen molar-refractivity contribution in [1.82, 2.24) is 0 Å². The zero-order valence-corrected chi connectivity index (χ0v) is 50.2. The third-order valence-electron chi connectivity index (χ3n) is 12.6. The first-order valence-corrected chi connectivity index (χ1v) is 32.3. The maximum Gasteiger partial charge on any atom is 0.472 e. The third-order valence-corrected chi connectivity index (χ3v) is 13.6. The molecule has 2 N–H and O–H groups in total. The number of rotatable bonds is 56. The van der Waals surface area contributed by atoms with Crippen molar-refractivity contribution in [2.45, 2.75) is 264 Å². The largest absolute Gasteiger partial charge is 0.472 e. The second kappa shape index (κ2) is 59.3. The number of hydrogen-bond acceptors (Lipinski definition) is 10. The van der Waals surface area contributed by atoms with Gasteiger partial charge in [-0.05, 0) is 122 Å². The van der Waals surface area contributed by atoms with E-state index < -0.39 is 57.8 Å². The Balaban J connectivity index is 4.83.